The van der Waals surface area contributed by atoms with Gasteiger partial charge in [-0.1, -0.05) is 54.6 Å². The normalized spacial score (nSPS) is 14.5. The molecule has 146 valence electrons. The summed E-state index contributed by atoms with van der Waals surface area (Å²) in [5.41, 5.74) is 0. The zero-order chi connectivity index (χ0) is 20.3. The minimum atomic E-state index is -2.37. The quantitative estimate of drug-likeness (QED) is 0.306. The summed E-state index contributed by atoms with van der Waals surface area (Å²) >= 11 is 5.24. The summed E-state index contributed by atoms with van der Waals surface area (Å²) in [6.45, 7) is 9.77. The first-order valence-electron chi connectivity index (χ1n) is 9.80. The van der Waals surface area contributed by atoms with Crippen molar-refractivity contribution in [3.8, 4) is 0 Å². The van der Waals surface area contributed by atoms with Crippen LogP contribution in [0, 0.1) is 0 Å². The first-order chi connectivity index (χ1) is 13.4. The second-order valence-electron chi connectivity index (χ2n) is 7.65. The molecule has 0 fully saturated rings. The van der Waals surface area contributed by atoms with Crippen molar-refractivity contribution in [2.45, 2.75) is 32.1 Å². The lowest BCUT2D eigenvalue weighted by Crippen LogP contribution is -2.58. The molecule has 1 unspecified atom stereocenters. The van der Waals surface area contributed by atoms with Crippen LogP contribution in [0.25, 0.3) is 0 Å². The molecule has 0 spiro atoms. The molecule has 0 aromatic heterocycles. The summed E-state index contributed by atoms with van der Waals surface area (Å²) in [7, 11) is -4.42. The highest BCUT2D eigenvalue weighted by Gasteiger charge is 2.66. The van der Waals surface area contributed by atoms with Gasteiger partial charge in [0.15, 0.2) is 0 Å². The molecule has 3 rings (SSSR count). The van der Waals surface area contributed by atoms with Crippen molar-refractivity contribution in [3.63, 3.8) is 0 Å². The highest BCUT2D eigenvalue weighted by molar-refractivity contribution is 8.17. The van der Waals surface area contributed by atoms with Crippen LogP contribution in [0.3, 0.4) is 0 Å². The molecule has 4 heteroatoms. The summed E-state index contributed by atoms with van der Waals surface area (Å²) in [5, 5.41) is 4.14. The van der Waals surface area contributed by atoms with Crippen LogP contribution in [-0.4, -0.2) is 18.9 Å². The van der Waals surface area contributed by atoms with E-state index in [1.807, 2.05) is 0 Å². The van der Waals surface area contributed by atoms with Crippen LogP contribution in [0.2, 0.25) is 6.55 Å². The van der Waals surface area contributed by atoms with E-state index in [9.17, 15) is 0 Å². The molecule has 0 N–H and O–H groups in total. The largest absolute Gasteiger partial charge is 0.405 e. The van der Waals surface area contributed by atoms with Gasteiger partial charge in [-0.25, -0.2) is 0 Å². The molecule has 0 aliphatic heterocycles. The molecule has 0 amide bonds. The van der Waals surface area contributed by atoms with Gasteiger partial charge in [0, 0.05) is 6.61 Å². The van der Waals surface area contributed by atoms with Gasteiger partial charge in [0.05, 0.1) is 0 Å². The summed E-state index contributed by atoms with van der Waals surface area (Å²) in [4.78, 5) is 0. The number of hydrogen-bond donors (Lipinski definition) is 1. The van der Waals surface area contributed by atoms with Gasteiger partial charge in [-0.05, 0) is 63.7 Å². The van der Waals surface area contributed by atoms with Crippen molar-refractivity contribution in [3.05, 3.63) is 91.0 Å². The standard InChI is InChI=1S/C24H30OPSSi/c1-5-25-28(4,27)24(2,3)26(21-15-9-6-10-16-21,22-17-11-7-12-18-22)23-19-13-8-14-20-23/h6-20,27H,5H2,1-4H3/q+1. The maximum Gasteiger partial charge on any atom is 0.293 e. The maximum atomic E-state index is 6.40. The molecular formula is C24H30OPSSi+. The van der Waals surface area contributed by atoms with E-state index in [1.165, 1.54) is 15.9 Å². The van der Waals surface area contributed by atoms with Crippen molar-refractivity contribution in [1.82, 2.24) is 0 Å². The van der Waals surface area contributed by atoms with Crippen LogP contribution in [0.4, 0.5) is 0 Å². The minimum Gasteiger partial charge on any atom is -0.405 e. The Hall–Kier alpha value is -1.38. The van der Waals surface area contributed by atoms with Gasteiger partial charge in [-0.15, -0.1) is 0 Å². The number of benzene rings is 3. The average molecular weight is 426 g/mol. The summed E-state index contributed by atoms with van der Waals surface area (Å²) in [6, 6.07) is 33.0. The van der Waals surface area contributed by atoms with Crippen LogP contribution >= 0.6 is 19.3 Å². The van der Waals surface area contributed by atoms with Crippen LogP contribution < -0.4 is 15.9 Å². The fraction of sp³-hybridized carbons (Fsp3) is 0.250. The number of rotatable bonds is 7. The molecule has 0 aliphatic rings. The van der Waals surface area contributed by atoms with Crippen LogP contribution in [-0.2, 0) is 4.43 Å². The summed E-state index contributed by atoms with van der Waals surface area (Å²) in [5.74, 6) is 0. The predicted molar refractivity (Wildman–Crippen MR) is 131 cm³/mol. The predicted octanol–water partition coefficient (Wildman–Crippen LogP) is 5.34. The summed E-state index contributed by atoms with van der Waals surface area (Å²) in [6.07, 6.45) is 0. The van der Waals surface area contributed by atoms with Gasteiger partial charge in [-0.3, -0.25) is 0 Å². The second kappa shape index (κ2) is 8.55. The molecular weight excluding hydrogens is 395 g/mol. The third-order valence-corrected chi connectivity index (χ3v) is 18.7. The molecule has 0 aliphatic carbocycles. The van der Waals surface area contributed by atoms with Gasteiger partial charge >= 0.3 is 0 Å². The summed E-state index contributed by atoms with van der Waals surface area (Å²) < 4.78 is 6.26. The first-order valence-corrected chi connectivity index (χ1v) is 15.3. The smallest absolute Gasteiger partial charge is 0.293 e. The fourth-order valence-corrected chi connectivity index (χ4v) is 15.3. The van der Waals surface area contributed by atoms with Gasteiger partial charge in [0.2, 0.25) is 0 Å². The Balaban J connectivity index is 2.45. The van der Waals surface area contributed by atoms with E-state index >= 15 is 0 Å². The van der Waals surface area contributed by atoms with Crippen molar-refractivity contribution in [1.29, 1.82) is 0 Å². The molecule has 1 nitrogen and oxygen atoms in total. The van der Waals surface area contributed by atoms with Crippen molar-refractivity contribution >= 4 is 42.7 Å². The molecule has 28 heavy (non-hydrogen) atoms. The lowest BCUT2D eigenvalue weighted by molar-refractivity contribution is 0.332. The van der Waals surface area contributed by atoms with E-state index in [1.54, 1.807) is 0 Å². The van der Waals surface area contributed by atoms with Gasteiger partial charge in [0.25, 0.3) is 7.47 Å². The van der Waals surface area contributed by atoms with Gasteiger partial charge in [-0.2, -0.15) is 12.1 Å². The van der Waals surface area contributed by atoms with E-state index in [0.717, 1.165) is 0 Å². The molecule has 0 bridgehead atoms. The Morgan fingerprint density at radius 2 is 1.07 bits per heavy atom. The Morgan fingerprint density at radius 3 is 1.36 bits per heavy atom. The fourth-order valence-electron chi connectivity index (χ4n) is 4.14. The van der Waals surface area contributed by atoms with E-state index in [0.29, 0.717) is 6.61 Å². The number of thiol groups is 1. The third kappa shape index (κ3) is 3.50. The molecule has 3 aromatic rings. The number of hydrogen-bond acceptors (Lipinski definition) is 2. The topological polar surface area (TPSA) is 9.23 Å². The second-order valence-corrected chi connectivity index (χ2v) is 18.1. The Bertz CT molecular complexity index is 786. The van der Waals surface area contributed by atoms with Crippen molar-refractivity contribution in [2.75, 3.05) is 6.61 Å². The van der Waals surface area contributed by atoms with E-state index in [2.05, 4.69) is 118 Å². The molecule has 0 heterocycles. The monoisotopic (exact) mass is 425 g/mol. The van der Waals surface area contributed by atoms with Crippen LogP contribution in [0.1, 0.15) is 20.8 Å². The maximum absolute atomic E-state index is 6.40. The lowest BCUT2D eigenvalue weighted by Gasteiger charge is -2.46. The zero-order valence-corrected chi connectivity index (χ0v) is 20.0. The van der Waals surface area contributed by atoms with E-state index < -0.39 is 14.7 Å². The minimum absolute atomic E-state index is 0.136. The lowest BCUT2D eigenvalue weighted by atomic mass is 10.3. The Labute approximate surface area is 176 Å². The third-order valence-electron chi connectivity index (χ3n) is 5.83. The molecule has 3 aromatic carbocycles. The Morgan fingerprint density at radius 1 is 0.750 bits per heavy atom. The average Bonchev–Trinajstić information content (AvgIpc) is 2.71. The SMILES string of the molecule is CCO[Si](C)(S)C(C)(C)[P+](c1ccccc1)(c1ccccc1)c1ccccc1. The molecule has 0 radical (unpaired) electrons. The molecule has 1 atom stereocenters. The molecule has 0 saturated carbocycles. The van der Waals surface area contributed by atoms with Crippen LogP contribution in [0.5, 0.6) is 0 Å². The zero-order valence-electron chi connectivity index (χ0n) is 17.2. The van der Waals surface area contributed by atoms with Crippen LogP contribution in [0.15, 0.2) is 91.0 Å². The van der Waals surface area contributed by atoms with Crippen molar-refractivity contribution < 1.29 is 4.43 Å². The first kappa shape index (κ1) is 21.3. The van der Waals surface area contributed by atoms with Gasteiger partial charge in [0.1, 0.15) is 28.0 Å². The Kier molecular flexibility index (Phi) is 6.51. The molecule has 0 saturated heterocycles. The van der Waals surface area contributed by atoms with E-state index in [-0.39, 0.29) is 4.78 Å². The van der Waals surface area contributed by atoms with Crippen molar-refractivity contribution in [2.24, 2.45) is 0 Å². The van der Waals surface area contributed by atoms with Gasteiger partial charge < -0.3 is 4.43 Å². The van der Waals surface area contributed by atoms with E-state index in [4.69, 9.17) is 16.5 Å². The highest BCUT2D eigenvalue weighted by Crippen LogP contribution is 2.68. The highest BCUT2D eigenvalue weighted by atomic mass is 32.3.